The van der Waals surface area contributed by atoms with E-state index in [1.54, 1.807) is 0 Å². The average Bonchev–Trinajstić information content (AvgIpc) is 2.38. The first-order valence-electron chi connectivity index (χ1n) is 7.15. The maximum absolute atomic E-state index is 5.92. The lowest BCUT2D eigenvalue weighted by atomic mass is 10.1. The highest BCUT2D eigenvalue weighted by Gasteiger charge is 2.23. The number of piperazine rings is 1. The van der Waals surface area contributed by atoms with Crippen LogP contribution in [0.15, 0.2) is 0 Å². The van der Waals surface area contributed by atoms with Gasteiger partial charge in [-0.15, -0.1) is 0 Å². The normalized spacial score (nSPS) is 30.5. The number of hydrogen-bond donors (Lipinski definition) is 1. The van der Waals surface area contributed by atoms with E-state index in [4.69, 9.17) is 10.5 Å². The second-order valence-electron chi connectivity index (χ2n) is 5.71. The van der Waals surface area contributed by atoms with Crippen molar-refractivity contribution in [2.45, 2.75) is 19.1 Å². The Labute approximate surface area is 111 Å². The molecule has 0 bridgehead atoms. The van der Waals surface area contributed by atoms with Gasteiger partial charge < -0.3 is 15.4 Å². The SMILES string of the molecule is CC(N)C1CN(CCN2CCN(C)CC2)CCO1. The molecule has 0 spiro atoms. The van der Waals surface area contributed by atoms with Gasteiger partial charge in [-0.3, -0.25) is 9.80 Å². The van der Waals surface area contributed by atoms with E-state index in [1.165, 1.54) is 32.7 Å². The van der Waals surface area contributed by atoms with Gasteiger partial charge in [-0.1, -0.05) is 0 Å². The fourth-order valence-electron chi connectivity index (χ4n) is 2.61. The Kier molecular flexibility index (Phi) is 5.38. The summed E-state index contributed by atoms with van der Waals surface area (Å²) in [6, 6.07) is 0.136. The number of rotatable bonds is 4. The summed E-state index contributed by atoms with van der Waals surface area (Å²) in [6.07, 6.45) is 0.214. The molecule has 2 fully saturated rings. The van der Waals surface area contributed by atoms with Crippen molar-refractivity contribution in [3.8, 4) is 0 Å². The molecule has 0 aliphatic carbocycles. The van der Waals surface area contributed by atoms with Crippen LogP contribution in [0.4, 0.5) is 0 Å². The van der Waals surface area contributed by atoms with Crippen molar-refractivity contribution in [2.75, 3.05) is 66.0 Å². The molecule has 2 saturated heterocycles. The van der Waals surface area contributed by atoms with E-state index in [9.17, 15) is 0 Å². The number of hydrogen-bond acceptors (Lipinski definition) is 5. The van der Waals surface area contributed by atoms with Crippen molar-refractivity contribution in [3.63, 3.8) is 0 Å². The van der Waals surface area contributed by atoms with Crippen LogP contribution in [0.5, 0.6) is 0 Å². The van der Waals surface area contributed by atoms with E-state index in [1.807, 2.05) is 6.92 Å². The molecule has 2 rings (SSSR count). The Morgan fingerprint density at radius 2 is 1.78 bits per heavy atom. The minimum atomic E-state index is 0.136. The summed E-state index contributed by atoms with van der Waals surface area (Å²) in [4.78, 5) is 7.46. The van der Waals surface area contributed by atoms with E-state index >= 15 is 0 Å². The Morgan fingerprint density at radius 3 is 2.44 bits per heavy atom. The van der Waals surface area contributed by atoms with Crippen molar-refractivity contribution in [1.82, 2.24) is 14.7 Å². The number of nitrogens with two attached hydrogens (primary N) is 1. The highest BCUT2D eigenvalue weighted by atomic mass is 16.5. The molecule has 2 unspecified atom stereocenters. The summed E-state index contributed by atoms with van der Waals surface area (Å²) < 4.78 is 5.69. The third-order valence-corrected chi connectivity index (χ3v) is 4.09. The number of ether oxygens (including phenoxy) is 1. The lowest BCUT2D eigenvalue weighted by Crippen LogP contribution is -2.52. The van der Waals surface area contributed by atoms with Gasteiger partial charge in [0.25, 0.3) is 0 Å². The molecule has 2 atom stereocenters. The molecule has 0 radical (unpaired) electrons. The molecular formula is C13H28N4O. The van der Waals surface area contributed by atoms with Gasteiger partial charge in [0.1, 0.15) is 0 Å². The van der Waals surface area contributed by atoms with Crippen LogP contribution in [0, 0.1) is 0 Å². The molecule has 0 amide bonds. The van der Waals surface area contributed by atoms with Crippen LogP contribution in [0.25, 0.3) is 0 Å². The largest absolute Gasteiger partial charge is 0.374 e. The smallest absolute Gasteiger partial charge is 0.0850 e. The van der Waals surface area contributed by atoms with Crippen molar-refractivity contribution in [3.05, 3.63) is 0 Å². The molecule has 2 heterocycles. The maximum Gasteiger partial charge on any atom is 0.0850 e. The van der Waals surface area contributed by atoms with E-state index in [-0.39, 0.29) is 12.1 Å². The first-order valence-corrected chi connectivity index (χ1v) is 7.15. The van der Waals surface area contributed by atoms with Crippen LogP contribution in [-0.2, 0) is 4.74 Å². The van der Waals surface area contributed by atoms with Crippen LogP contribution in [0.3, 0.4) is 0 Å². The topological polar surface area (TPSA) is 45.0 Å². The molecule has 2 aliphatic heterocycles. The molecule has 0 aromatic rings. The van der Waals surface area contributed by atoms with Gasteiger partial charge in [-0.2, -0.15) is 0 Å². The van der Waals surface area contributed by atoms with Gasteiger partial charge in [0.2, 0.25) is 0 Å². The second-order valence-corrected chi connectivity index (χ2v) is 5.71. The van der Waals surface area contributed by atoms with Gasteiger partial charge in [-0.05, 0) is 14.0 Å². The molecule has 106 valence electrons. The number of likely N-dealkylation sites (N-methyl/N-ethyl adjacent to an activating group) is 1. The Morgan fingerprint density at radius 1 is 1.11 bits per heavy atom. The molecular weight excluding hydrogens is 228 g/mol. The average molecular weight is 256 g/mol. The first-order chi connectivity index (χ1) is 8.65. The lowest BCUT2D eigenvalue weighted by Gasteiger charge is -2.37. The molecule has 5 heteroatoms. The zero-order chi connectivity index (χ0) is 13.0. The minimum absolute atomic E-state index is 0.136. The van der Waals surface area contributed by atoms with E-state index in [0.717, 1.165) is 26.2 Å². The van der Waals surface area contributed by atoms with E-state index in [2.05, 4.69) is 21.7 Å². The van der Waals surface area contributed by atoms with Gasteiger partial charge in [0.05, 0.1) is 12.7 Å². The molecule has 2 N–H and O–H groups in total. The minimum Gasteiger partial charge on any atom is -0.374 e. The Hall–Kier alpha value is -0.200. The molecule has 18 heavy (non-hydrogen) atoms. The van der Waals surface area contributed by atoms with Gasteiger partial charge >= 0.3 is 0 Å². The van der Waals surface area contributed by atoms with Crippen molar-refractivity contribution in [2.24, 2.45) is 5.73 Å². The predicted octanol–water partition coefficient (Wildman–Crippen LogP) is -0.718. The number of morpholine rings is 1. The maximum atomic E-state index is 5.92. The molecule has 0 aromatic heterocycles. The zero-order valence-electron chi connectivity index (χ0n) is 11.8. The van der Waals surface area contributed by atoms with Crippen molar-refractivity contribution < 1.29 is 4.74 Å². The summed E-state index contributed by atoms with van der Waals surface area (Å²) in [5, 5.41) is 0. The van der Waals surface area contributed by atoms with Crippen molar-refractivity contribution >= 4 is 0 Å². The molecule has 5 nitrogen and oxygen atoms in total. The number of nitrogens with zero attached hydrogens (tertiary/aromatic N) is 3. The predicted molar refractivity (Wildman–Crippen MR) is 73.8 cm³/mol. The van der Waals surface area contributed by atoms with Gasteiger partial charge in [0, 0.05) is 58.4 Å². The Balaban J connectivity index is 1.67. The molecule has 0 aromatic carbocycles. The van der Waals surface area contributed by atoms with Crippen LogP contribution < -0.4 is 5.73 Å². The van der Waals surface area contributed by atoms with Gasteiger partial charge in [-0.25, -0.2) is 0 Å². The van der Waals surface area contributed by atoms with Gasteiger partial charge in [0.15, 0.2) is 0 Å². The fourth-order valence-corrected chi connectivity index (χ4v) is 2.61. The van der Waals surface area contributed by atoms with Crippen LogP contribution in [0.1, 0.15) is 6.92 Å². The second kappa shape index (κ2) is 6.82. The Bertz CT molecular complexity index is 241. The quantitative estimate of drug-likeness (QED) is 0.719. The van der Waals surface area contributed by atoms with Crippen LogP contribution in [-0.4, -0.2) is 92.9 Å². The monoisotopic (exact) mass is 256 g/mol. The van der Waals surface area contributed by atoms with E-state index < -0.39 is 0 Å². The summed E-state index contributed by atoms with van der Waals surface area (Å²) in [5.74, 6) is 0. The highest BCUT2D eigenvalue weighted by Crippen LogP contribution is 2.08. The highest BCUT2D eigenvalue weighted by molar-refractivity contribution is 4.79. The lowest BCUT2D eigenvalue weighted by molar-refractivity contribution is -0.0402. The fraction of sp³-hybridized carbons (Fsp3) is 1.00. The third-order valence-electron chi connectivity index (χ3n) is 4.09. The summed E-state index contributed by atoms with van der Waals surface area (Å²) >= 11 is 0. The first kappa shape index (κ1) is 14.2. The van der Waals surface area contributed by atoms with Crippen LogP contribution >= 0.6 is 0 Å². The third kappa shape index (κ3) is 4.17. The standard InChI is InChI=1S/C13H28N4O/c1-12(14)13-11-17(9-10-18-13)8-7-16-5-3-15(2)4-6-16/h12-13H,3-11,14H2,1-2H3. The summed E-state index contributed by atoms with van der Waals surface area (Å²) in [7, 11) is 2.20. The van der Waals surface area contributed by atoms with Crippen LogP contribution in [0.2, 0.25) is 0 Å². The summed E-state index contributed by atoms with van der Waals surface area (Å²) in [5.41, 5.74) is 5.92. The molecule has 2 aliphatic rings. The summed E-state index contributed by atoms with van der Waals surface area (Å²) in [6.45, 7) is 12.0. The zero-order valence-corrected chi connectivity index (χ0v) is 11.8. The van der Waals surface area contributed by atoms with Crippen molar-refractivity contribution in [1.29, 1.82) is 0 Å². The molecule has 0 saturated carbocycles. The van der Waals surface area contributed by atoms with E-state index in [0.29, 0.717) is 0 Å².